The van der Waals surface area contributed by atoms with Crippen LogP contribution >= 0.6 is 0 Å². The van der Waals surface area contributed by atoms with Gasteiger partial charge in [0.05, 0.1) is 6.54 Å². The summed E-state index contributed by atoms with van der Waals surface area (Å²) in [5.41, 5.74) is 3.80. The van der Waals surface area contributed by atoms with Gasteiger partial charge in [0.25, 0.3) is 0 Å². The summed E-state index contributed by atoms with van der Waals surface area (Å²) < 4.78 is 0. The number of hydrogen-bond acceptors (Lipinski definition) is 2. The molecule has 0 aliphatic heterocycles. The van der Waals surface area contributed by atoms with Crippen molar-refractivity contribution in [1.29, 1.82) is 0 Å². The van der Waals surface area contributed by atoms with Crippen LogP contribution in [0.2, 0.25) is 0 Å². The molecule has 0 bridgehead atoms. The predicted octanol–water partition coefficient (Wildman–Crippen LogP) is 3.28. The number of rotatable bonds is 7. The van der Waals surface area contributed by atoms with E-state index in [0.29, 0.717) is 12.3 Å². The first-order valence-electron chi connectivity index (χ1n) is 6.97. The summed E-state index contributed by atoms with van der Waals surface area (Å²) in [4.78, 5) is 21.7. The summed E-state index contributed by atoms with van der Waals surface area (Å²) in [6.07, 6.45) is 0.852. The van der Waals surface area contributed by atoms with Crippen molar-refractivity contribution in [2.75, 3.05) is 6.54 Å². The van der Waals surface area contributed by atoms with Gasteiger partial charge in [0.2, 0.25) is 0 Å². The Bertz CT molecular complexity index is 481. The van der Waals surface area contributed by atoms with Gasteiger partial charge in [-0.1, -0.05) is 37.6 Å². The molecule has 20 heavy (non-hydrogen) atoms. The van der Waals surface area contributed by atoms with Gasteiger partial charge in [0.1, 0.15) is 0 Å². The quantitative estimate of drug-likeness (QED) is 0.803. The highest BCUT2D eigenvalue weighted by Crippen LogP contribution is 2.19. The van der Waals surface area contributed by atoms with Crippen molar-refractivity contribution in [2.45, 2.75) is 46.0 Å². The van der Waals surface area contributed by atoms with E-state index in [0.717, 1.165) is 12.8 Å². The molecule has 1 rings (SSSR count). The summed E-state index contributed by atoms with van der Waals surface area (Å²) >= 11 is 0. The normalized spacial score (nSPS) is 10.6. The number of aryl methyl sites for hydroxylation is 2. The monoisotopic (exact) mass is 277 g/mol. The van der Waals surface area contributed by atoms with E-state index >= 15 is 0 Å². The van der Waals surface area contributed by atoms with Crippen LogP contribution in [0.4, 0.5) is 4.79 Å². The molecule has 0 spiro atoms. The van der Waals surface area contributed by atoms with E-state index in [9.17, 15) is 9.59 Å². The first-order chi connectivity index (χ1) is 9.38. The Hall–Kier alpha value is -1.84. The highest BCUT2D eigenvalue weighted by Gasteiger charge is 2.06. The third kappa shape index (κ3) is 5.87. The average molecular weight is 277 g/mol. The predicted molar refractivity (Wildman–Crippen MR) is 79.2 cm³/mol. The molecule has 2 N–H and O–H groups in total. The number of benzene rings is 1. The molecule has 0 fully saturated rings. The van der Waals surface area contributed by atoms with Crippen LogP contribution in [0.5, 0.6) is 0 Å². The van der Waals surface area contributed by atoms with Crippen LogP contribution in [0.3, 0.4) is 0 Å². The molecule has 0 aromatic heterocycles. The first kappa shape index (κ1) is 16.2. The topological polar surface area (TPSA) is 66.4 Å². The molecule has 0 saturated carbocycles. The fourth-order valence-corrected chi connectivity index (χ4v) is 2.12. The van der Waals surface area contributed by atoms with E-state index in [-0.39, 0.29) is 12.3 Å². The van der Waals surface area contributed by atoms with Gasteiger partial charge in [-0.2, -0.15) is 0 Å². The SMILES string of the molecule is Cc1cc(CCCC(=O)CNC(=O)O)cc(C(C)C)c1. The highest BCUT2D eigenvalue weighted by molar-refractivity contribution is 5.83. The number of carbonyl (C=O) groups excluding carboxylic acids is 1. The Balaban J connectivity index is 2.45. The Labute approximate surface area is 120 Å². The third-order valence-electron chi connectivity index (χ3n) is 3.18. The zero-order valence-electron chi connectivity index (χ0n) is 12.4. The maximum atomic E-state index is 11.5. The average Bonchev–Trinajstić information content (AvgIpc) is 2.35. The van der Waals surface area contributed by atoms with Gasteiger partial charge in [-0.15, -0.1) is 0 Å². The lowest BCUT2D eigenvalue weighted by molar-refractivity contribution is -0.118. The Kier molecular flexibility index (Phi) is 6.22. The van der Waals surface area contributed by atoms with E-state index in [1.54, 1.807) is 0 Å². The standard InChI is InChI=1S/C16H23NO3/c1-11(2)14-8-12(3)7-13(9-14)5-4-6-15(18)10-17-16(19)20/h7-9,11,17H,4-6,10H2,1-3H3,(H,19,20). The number of carbonyl (C=O) groups is 2. The Morgan fingerprint density at radius 2 is 1.95 bits per heavy atom. The van der Waals surface area contributed by atoms with Gasteiger partial charge in [-0.3, -0.25) is 4.79 Å². The zero-order valence-corrected chi connectivity index (χ0v) is 12.4. The molecule has 4 nitrogen and oxygen atoms in total. The lowest BCUT2D eigenvalue weighted by Gasteiger charge is -2.10. The van der Waals surface area contributed by atoms with E-state index in [1.165, 1.54) is 16.7 Å². The molecule has 1 aromatic carbocycles. The minimum absolute atomic E-state index is 0.0656. The van der Waals surface area contributed by atoms with Crippen molar-refractivity contribution in [2.24, 2.45) is 0 Å². The van der Waals surface area contributed by atoms with Gasteiger partial charge >= 0.3 is 6.09 Å². The van der Waals surface area contributed by atoms with Crippen molar-refractivity contribution < 1.29 is 14.7 Å². The molecule has 1 aromatic rings. The van der Waals surface area contributed by atoms with E-state index in [4.69, 9.17) is 5.11 Å². The molecule has 110 valence electrons. The zero-order chi connectivity index (χ0) is 15.1. The Morgan fingerprint density at radius 3 is 2.55 bits per heavy atom. The molecule has 4 heteroatoms. The van der Waals surface area contributed by atoms with E-state index in [1.807, 2.05) is 0 Å². The number of nitrogens with one attached hydrogen (secondary N) is 1. The third-order valence-corrected chi connectivity index (χ3v) is 3.18. The lowest BCUT2D eigenvalue weighted by atomic mass is 9.96. The summed E-state index contributed by atoms with van der Waals surface area (Å²) in [5, 5.41) is 10.5. The summed E-state index contributed by atoms with van der Waals surface area (Å²) in [6, 6.07) is 6.53. The van der Waals surface area contributed by atoms with Crippen LogP contribution in [0.15, 0.2) is 18.2 Å². The molecular formula is C16H23NO3. The van der Waals surface area contributed by atoms with Crippen molar-refractivity contribution in [3.8, 4) is 0 Å². The minimum Gasteiger partial charge on any atom is -0.465 e. The summed E-state index contributed by atoms with van der Waals surface area (Å²) in [7, 11) is 0. The van der Waals surface area contributed by atoms with Crippen molar-refractivity contribution >= 4 is 11.9 Å². The number of ketones is 1. The van der Waals surface area contributed by atoms with Crippen LogP contribution in [0.1, 0.15) is 49.3 Å². The maximum absolute atomic E-state index is 11.5. The van der Waals surface area contributed by atoms with Crippen LogP contribution in [0, 0.1) is 6.92 Å². The molecule has 0 heterocycles. The molecular weight excluding hydrogens is 254 g/mol. The first-order valence-corrected chi connectivity index (χ1v) is 6.97. The smallest absolute Gasteiger partial charge is 0.405 e. The molecule has 0 atom stereocenters. The molecule has 0 saturated heterocycles. The summed E-state index contributed by atoms with van der Waals surface area (Å²) in [6.45, 7) is 6.32. The largest absolute Gasteiger partial charge is 0.465 e. The van der Waals surface area contributed by atoms with Gasteiger partial charge in [-0.25, -0.2) is 4.79 Å². The second kappa shape index (κ2) is 7.68. The van der Waals surface area contributed by atoms with Gasteiger partial charge in [-0.05, 0) is 36.8 Å². The highest BCUT2D eigenvalue weighted by atomic mass is 16.4. The van der Waals surface area contributed by atoms with E-state index in [2.05, 4.69) is 44.3 Å². The lowest BCUT2D eigenvalue weighted by Crippen LogP contribution is -2.27. The van der Waals surface area contributed by atoms with Gasteiger partial charge in [0.15, 0.2) is 5.78 Å². The molecule has 1 amide bonds. The molecule has 0 unspecified atom stereocenters. The van der Waals surface area contributed by atoms with Crippen LogP contribution in [-0.2, 0) is 11.2 Å². The molecule has 0 radical (unpaired) electrons. The second-order valence-corrected chi connectivity index (χ2v) is 5.46. The number of carboxylic acid groups (broad SMARTS) is 1. The van der Waals surface area contributed by atoms with Gasteiger partial charge in [0, 0.05) is 6.42 Å². The fraction of sp³-hybridized carbons (Fsp3) is 0.500. The second-order valence-electron chi connectivity index (χ2n) is 5.46. The van der Waals surface area contributed by atoms with Crippen molar-refractivity contribution in [1.82, 2.24) is 5.32 Å². The van der Waals surface area contributed by atoms with Crippen molar-refractivity contribution in [3.05, 3.63) is 34.9 Å². The molecule has 0 aliphatic carbocycles. The summed E-state index contributed by atoms with van der Waals surface area (Å²) in [5.74, 6) is 0.430. The Morgan fingerprint density at radius 1 is 1.25 bits per heavy atom. The van der Waals surface area contributed by atoms with Crippen LogP contribution in [-0.4, -0.2) is 23.5 Å². The van der Waals surface area contributed by atoms with Crippen LogP contribution in [0.25, 0.3) is 0 Å². The van der Waals surface area contributed by atoms with Gasteiger partial charge < -0.3 is 10.4 Å². The maximum Gasteiger partial charge on any atom is 0.405 e. The fourth-order valence-electron chi connectivity index (χ4n) is 2.12. The molecule has 0 aliphatic rings. The number of amides is 1. The minimum atomic E-state index is -1.15. The van der Waals surface area contributed by atoms with E-state index < -0.39 is 6.09 Å². The number of Topliss-reactive ketones (excluding diaryl/α,β-unsaturated/α-hetero) is 1. The van der Waals surface area contributed by atoms with Crippen molar-refractivity contribution in [3.63, 3.8) is 0 Å². The van der Waals surface area contributed by atoms with Crippen LogP contribution < -0.4 is 5.32 Å². The number of hydrogen-bond donors (Lipinski definition) is 2.